The molecule has 5 nitrogen and oxygen atoms in total. The number of aromatic nitrogens is 1. The van der Waals surface area contributed by atoms with Crippen LogP contribution >= 0.6 is 0 Å². The number of aromatic amines is 1. The highest BCUT2D eigenvalue weighted by molar-refractivity contribution is 5.83. The third-order valence-corrected chi connectivity index (χ3v) is 4.45. The zero-order valence-electron chi connectivity index (χ0n) is 14.4. The fraction of sp³-hybridized carbons (Fsp3) is 0.474. The number of hydrogen-bond acceptors (Lipinski definition) is 3. The molecule has 1 amide bonds. The molecule has 0 saturated carbocycles. The lowest BCUT2D eigenvalue weighted by molar-refractivity contribution is 0.0174. The topological polar surface area (TPSA) is 69.1 Å². The van der Waals surface area contributed by atoms with E-state index in [-0.39, 0.29) is 17.9 Å². The molecule has 3 rings (SSSR count). The number of likely N-dealkylation sites (tertiary alicyclic amines) is 1. The zero-order valence-corrected chi connectivity index (χ0v) is 14.4. The molecule has 1 aromatic heterocycles. The Morgan fingerprint density at radius 1 is 1.38 bits per heavy atom. The summed E-state index contributed by atoms with van der Waals surface area (Å²) in [4.78, 5) is 17.2. The Hall–Kier alpha value is -2.48. The normalized spacial score (nSPS) is 21.5. The van der Waals surface area contributed by atoms with Gasteiger partial charge in [-0.25, -0.2) is 4.79 Å². The molecule has 5 heteroatoms. The van der Waals surface area contributed by atoms with E-state index >= 15 is 0 Å². The van der Waals surface area contributed by atoms with Crippen LogP contribution in [0.3, 0.4) is 0 Å². The highest BCUT2D eigenvalue weighted by Crippen LogP contribution is 2.36. The van der Waals surface area contributed by atoms with Gasteiger partial charge in [-0.15, -0.1) is 0 Å². The predicted octanol–water partition coefficient (Wildman–Crippen LogP) is 4.03. The standard InChI is InChI=1S/C19H23N3O2/c1-19(2,3)24-18(23)22-9-8-14(13(10-20)12-22)16-11-21-17-7-5-4-6-15(16)17/h4-7,11,13-14,21H,8-9,12H2,1-3H3. The molecule has 1 fully saturated rings. The van der Waals surface area contributed by atoms with Crippen LogP contribution in [0.4, 0.5) is 4.79 Å². The lowest BCUT2D eigenvalue weighted by Crippen LogP contribution is -2.44. The minimum Gasteiger partial charge on any atom is -0.444 e. The van der Waals surface area contributed by atoms with E-state index in [1.165, 1.54) is 5.56 Å². The van der Waals surface area contributed by atoms with E-state index in [4.69, 9.17) is 4.74 Å². The van der Waals surface area contributed by atoms with Crippen molar-refractivity contribution in [3.8, 4) is 6.07 Å². The molecule has 2 aromatic rings. The summed E-state index contributed by atoms with van der Waals surface area (Å²) in [6, 6.07) is 10.5. The van der Waals surface area contributed by atoms with E-state index in [9.17, 15) is 10.1 Å². The van der Waals surface area contributed by atoms with Crippen LogP contribution in [0.1, 0.15) is 38.7 Å². The summed E-state index contributed by atoms with van der Waals surface area (Å²) in [7, 11) is 0. The van der Waals surface area contributed by atoms with Crippen LogP contribution in [0.2, 0.25) is 0 Å². The minimum absolute atomic E-state index is 0.129. The van der Waals surface area contributed by atoms with Gasteiger partial charge >= 0.3 is 6.09 Å². The number of amides is 1. The monoisotopic (exact) mass is 325 g/mol. The SMILES string of the molecule is CC(C)(C)OC(=O)N1CCC(c2c[nH]c3ccccc23)C(C#N)C1. The summed E-state index contributed by atoms with van der Waals surface area (Å²) in [5.74, 6) is -0.102. The molecule has 0 radical (unpaired) electrons. The van der Waals surface area contributed by atoms with Gasteiger partial charge in [0, 0.05) is 36.1 Å². The Morgan fingerprint density at radius 2 is 2.12 bits per heavy atom. The van der Waals surface area contributed by atoms with Crippen LogP contribution in [0.15, 0.2) is 30.5 Å². The number of H-pyrrole nitrogens is 1. The van der Waals surface area contributed by atoms with Crippen LogP contribution in [0, 0.1) is 17.2 Å². The largest absolute Gasteiger partial charge is 0.444 e. The van der Waals surface area contributed by atoms with E-state index in [1.54, 1.807) is 4.90 Å². The average molecular weight is 325 g/mol. The molecular formula is C19H23N3O2. The van der Waals surface area contributed by atoms with Gasteiger partial charge in [0.2, 0.25) is 0 Å². The maximum atomic E-state index is 12.3. The number of fused-ring (bicyclic) bond motifs is 1. The molecule has 0 spiro atoms. The molecule has 1 N–H and O–H groups in total. The van der Waals surface area contributed by atoms with Gasteiger partial charge in [-0.2, -0.15) is 5.26 Å². The number of para-hydroxylation sites is 1. The number of ether oxygens (including phenoxy) is 1. The van der Waals surface area contributed by atoms with Gasteiger partial charge in [0.05, 0.1) is 12.0 Å². The second-order valence-electron chi connectivity index (χ2n) is 7.35. The molecule has 24 heavy (non-hydrogen) atoms. The first-order valence-corrected chi connectivity index (χ1v) is 8.32. The Bertz CT molecular complexity index is 782. The first-order chi connectivity index (χ1) is 11.4. The minimum atomic E-state index is -0.521. The lowest BCUT2D eigenvalue weighted by Gasteiger charge is -2.36. The maximum absolute atomic E-state index is 12.3. The lowest BCUT2D eigenvalue weighted by atomic mass is 9.81. The van der Waals surface area contributed by atoms with Crippen LogP contribution in [-0.4, -0.2) is 34.7 Å². The number of carbonyl (C=O) groups excluding carboxylic acids is 1. The molecule has 1 aliphatic rings. The number of rotatable bonds is 1. The Balaban J connectivity index is 1.79. The van der Waals surface area contributed by atoms with E-state index in [2.05, 4.69) is 17.1 Å². The summed E-state index contributed by atoms with van der Waals surface area (Å²) < 4.78 is 5.44. The van der Waals surface area contributed by atoms with Crippen LogP contribution < -0.4 is 0 Å². The maximum Gasteiger partial charge on any atom is 0.410 e. The number of nitriles is 1. The van der Waals surface area contributed by atoms with Gasteiger partial charge in [-0.1, -0.05) is 18.2 Å². The molecule has 2 atom stereocenters. The summed E-state index contributed by atoms with van der Waals surface area (Å²) in [6.45, 7) is 6.58. The number of nitrogens with zero attached hydrogens (tertiary/aromatic N) is 2. The highest BCUT2D eigenvalue weighted by Gasteiger charge is 2.35. The third kappa shape index (κ3) is 3.23. The van der Waals surface area contributed by atoms with Crippen molar-refractivity contribution in [2.45, 2.75) is 38.7 Å². The number of piperidine rings is 1. The van der Waals surface area contributed by atoms with Gasteiger partial charge in [0.1, 0.15) is 5.60 Å². The number of nitrogens with one attached hydrogen (secondary N) is 1. The second kappa shape index (κ2) is 6.20. The van der Waals surface area contributed by atoms with E-state index in [0.29, 0.717) is 13.1 Å². The molecular weight excluding hydrogens is 302 g/mol. The van der Waals surface area contributed by atoms with Gasteiger partial charge in [0.15, 0.2) is 0 Å². The first-order valence-electron chi connectivity index (χ1n) is 8.32. The summed E-state index contributed by atoms with van der Waals surface area (Å²) in [5, 5.41) is 10.8. The summed E-state index contributed by atoms with van der Waals surface area (Å²) in [6.07, 6.45) is 2.43. The molecule has 0 aliphatic carbocycles. The smallest absolute Gasteiger partial charge is 0.410 e. The number of hydrogen-bond donors (Lipinski definition) is 1. The Labute approximate surface area is 142 Å². The van der Waals surface area contributed by atoms with Crippen molar-refractivity contribution in [1.29, 1.82) is 5.26 Å². The fourth-order valence-electron chi connectivity index (χ4n) is 3.35. The van der Waals surface area contributed by atoms with Crippen LogP contribution in [0.25, 0.3) is 10.9 Å². The van der Waals surface area contributed by atoms with Crippen LogP contribution in [-0.2, 0) is 4.74 Å². The zero-order chi connectivity index (χ0) is 17.3. The van der Waals surface area contributed by atoms with E-state index in [0.717, 1.165) is 17.3 Å². The number of carbonyl (C=O) groups is 1. The molecule has 1 saturated heterocycles. The first kappa shape index (κ1) is 16.4. The summed E-state index contributed by atoms with van der Waals surface area (Å²) >= 11 is 0. The van der Waals surface area contributed by atoms with Gasteiger partial charge in [0.25, 0.3) is 0 Å². The van der Waals surface area contributed by atoms with Gasteiger partial charge < -0.3 is 14.6 Å². The molecule has 0 bridgehead atoms. The number of benzene rings is 1. The van der Waals surface area contributed by atoms with Gasteiger partial charge in [-0.05, 0) is 38.8 Å². The Morgan fingerprint density at radius 3 is 2.83 bits per heavy atom. The second-order valence-corrected chi connectivity index (χ2v) is 7.35. The molecule has 126 valence electrons. The highest BCUT2D eigenvalue weighted by atomic mass is 16.6. The molecule has 2 heterocycles. The third-order valence-electron chi connectivity index (χ3n) is 4.45. The van der Waals surface area contributed by atoms with E-state index < -0.39 is 5.60 Å². The van der Waals surface area contributed by atoms with Crippen molar-refractivity contribution >= 4 is 17.0 Å². The van der Waals surface area contributed by atoms with Crippen molar-refractivity contribution in [1.82, 2.24) is 9.88 Å². The summed E-state index contributed by atoms with van der Waals surface area (Å²) in [5.41, 5.74) is 1.73. The average Bonchev–Trinajstić information content (AvgIpc) is 2.96. The quantitative estimate of drug-likeness (QED) is 0.860. The molecule has 1 aromatic carbocycles. The predicted molar refractivity (Wildman–Crippen MR) is 92.6 cm³/mol. The molecule has 2 unspecified atom stereocenters. The fourth-order valence-corrected chi connectivity index (χ4v) is 3.35. The Kier molecular flexibility index (Phi) is 4.23. The van der Waals surface area contributed by atoms with Crippen molar-refractivity contribution in [2.24, 2.45) is 5.92 Å². The van der Waals surface area contributed by atoms with Crippen molar-refractivity contribution in [3.05, 3.63) is 36.0 Å². The van der Waals surface area contributed by atoms with Gasteiger partial charge in [-0.3, -0.25) is 0 Å². The van der Waals surface area contributed by atoms with Crippen molar-refractivity contribution in [2.75, 3.05) is 13.1 Å². The van der Waals surface area contributed by atoms with Crippen LogP contribution in [0.5, 0.6) is 0 Å². The van der Waals surface area contributed by atoms with E-state index in [1.807, 2.05) is 45.2 Å². The van der Waals surface area contributed by atoms with Crippen molar-refractivity contribution in [3.63, 3.8) is 0 Å². The molecule has 1 aliphatic heterocycles. The van der Waals surface area contributed by atoms with Crippen molar-refractivity contribution < 1.29 is 9.53 Å².